The molecule has 0 saturated carbocycles. The van der Waals surface area contributed by atoms with E-state index in [0.717, 1.165) is 22.3 Å². The van der Waals surface area contributed by atoms with Crippen molar-refractivity contribution in [2.45, 2.75) is 17.8 Å². The first-order chi connectivity index (χ1) is 9.81. The van der Waals surface area contributed by atoms with E-state index in [2.05, 4.69) is 46.4 Å². The molecule has 0 unspecified atom stereocenters. The molecule has 0 bridgehead atoms. The lowest BCUT2D eigenvalue weighted by Gasteiger charge is -1.99. The number of aromatic amines is 1. The molecule has 4 heteroatoms. The first-order valence-corrected chi connectivity index (χ1v) is 7.46. The number of hydrogen-bond donors (Lipinski definition) is 1. The van der Waals surface area contributed by atoms with Crippen LogP contribution in [0.1, 0.15) is 11.1 Å². The largest absolute Gasteiger partial charge is 0.258 e. The highest BCUT2D eigenvalue weighted by Crippen LogP contribution is 2.22. The van der Waals surface area contributed by atoms with Crippen molar-refractivity contribution in [2.24, 2.45) is 0 Å². The SMILES string of the molecule is Cc1cccc(CSc2n[nH]c(-c3ccccc3)n2)c1. The molecule has 0 radical (unpaired) electrons. The van der Waals surface area contributed by atoms with Crippen LogP contribution >= 0.6 is 11.8 Å². The number of nitrogens with one attached hydrogen (secondary N) is 1. The van der Waals surface area contributed by atoms with E-state index in [1.165, 1.54) is 11.1 Å². The molecule has 20 heavy (non-hydrogen) atoms. The van der Waals surface area contributed by atoms with E-state index >= 15 is 0 Å². The topological polar surface area (TPSA) is 41.6 Å². The summed E-state index contributed by atoms with van der Waals surface area (Å²) < 4.78 is 0. The van der Waals surface area contributed by atoms with Gasteiger partial charge in [0.05, 0.1) is 0 Å². The minimum Gasteiger partial charge on any atom is -0.258 e. The van der Waals surface area contributed by atoms with E-state index in [-0.39, 0.29) is 0 Å². The van der Waals surface area contributed by atoms with Crippen LogP contribution in [0.15, 0.2) is 59.8 Å². The minimum atomic E-state index is 0.783. The van der Waals surface area contributed by atoms with Gasteiger partial charge in [-0.1, -0.05) is 71.9 Å². The Morgan fingerprint density at radius 2 is 1.90 bits per heavy atom. The Labute approximate surface area is 122 Å². The number of hydrogen-bond acceptors (Lipinski definition) is 3. The molecule has 0 fully saturated rings. The first kappa shape index (κ1) is 12.9. The standard InChI is InChI=1S/C16H15N3S/c1-12-6-5-7-13(10-12)11-20-16-17-15(18-19-16)14-8-3-2-4-9-14/h2-10H,11H2,1H3,(H,17,18,19). The van der Waals surface area contributed by atoms with E-state index in [9.17, 15) is 0 Å². The van der Waals surface area contributed by atoms with Gasteiger partial charge in [-0.3, -0.25) is 5.10 Å². The van der Waals surface area contributed by atoms with Crippen LogP contribution < -0.4 is 0 Å². The average Bonchev–Trinajstić information content (AvgIpc) is 2.95. The van der Waals surface area contributed by atoms with E-state index in [1.54, 1.807) is 11.8 Å². The fourth-order valence-corrected chi connectivity index (χ4v) is 2.73. The molecule has 3 aromatic rings. The molecule has 3 rings (SSSR count). The van der Waals surface area contributed by atoms with Gasteiger partial charge < -0.3 is 0 Å². The molecule has 0 aliphatic rings. The molecule has 1 N–H and O–H groups in total. The Kier molecular flexibility index (Phi) is 3.83. The van der Waals surface area contributed by atoms with E-state index in [1.807, 2.05) is 30.3 Å². The summed E-state index contributed by atoms with van der Waals surface area (Å²) in [6, 6.07) is 18.5. The Morgan fingerprint density at radius 1 is 1.05 bits per heavy atom. The van der Waals surface area contributed by atoms with Crippen LogP contribution in [-0.4, -0.2) is 15.2 Å². The minimum absolute atomic E-state index is 0.783. The molecule has 100 valence electrons. The van der Waals surface area contributed by atoms with E-state index in [4.69, 9.17) is 0 Å². The molecular formula is C16H15N3S. The van der Waals surface area contributed by atoms with Crippen LogP contribution in [0.2, 0.25) is 0 Å². The molecule has 0 spiro atoms. The third-order valence-corrected chi connectivity index (χ3v) is 3.88. The Hall–Kier alpha value is -2.07. The zero-order valence-corrected chi connectivity index (χ0v) is 12.0. The Balaban J connectivity index is 1.69. The van der Waals surface area contributed by atoms with Crippen molar-refractivity contribution >= 4 is 11.8 Å². The lowest BCUT2D eigenvalue weighted by molar-refractivity contribution is 0.973. The molecule has 0 amide bonds. The predicted octanol–water partition coefficient (Wildman–Crippen LogP) is 4.07. The molecule has 2 aromatic carbocycles. The fraction of sp³-hybridized carbons (Fsp3) is 0.125. The summed E-state index contributed by atoms with van der Waals surface area (Å²) in [7, 11) is 0. The third kappa shape index (κ3) is 3.08. The second-order valence-corrected chi connectivity index (χ2v) is 5.55. The number of H-pyrrole nitrogens is 1. The summed E-state index contributed by atoms with van der Waals surface area (Å²) in [5.41, 5.74) is 3.63. The first-order valence-electron chi connectivity index (χ1n) is 6.47. The lowest BCUT2D eigenvalue weighted by atomic mass is 10.2. The van der Waals surface area contributed by atoms with E-state index in [0.29, 0.717) is 0 Å². The molecule has 0 aliphatic heterocycles. The summed E-state index contributed by atoms with van der Waals surface area (Å²) >= 11 is 1.64. The van der Waals surface area contributed by atoms with Gasteiger partial charge in [0, 0.05) is 11.3 Å². The van der Waals surface area contributed by atoms with Gasteiger partial charge in [-0.2, -0.15) is 0 Å². The van der Waals surface area contributed by atoms with Crippen molar-refractivity contribution in [1.29, 1.82) is 0 Å². The maximum atomic E-state index is 4.51. The highest BCUT2D eigenvalue weighted by atomic mass is 32.2. The van der Waals surface area contributed by atoms with Crippen LogP contribution in [0.4, 0.5) is 0 Å². The van der Waals surface area contributed by atoms with Crippen molar-refractivity contribution in [3.63, 3.8) is 0 Å². The molecule has 0 aliphatic carbocycles. The number of aryl methyl sites for hydroxylation is 1. The monoisotopic (exact) mass is 281 g/mol. The van der Waals surface area contributed by atoms with Crippen molar-refractivity contribution < 1.29 is 0 Å². The highest BCUT2D eigenvalue weighted by Gasteiger charge is 2.06. The van der Waals surface area contributed by atoms with Gasteiger partial charge in [0.25, 0.3) is 0 Å². The Bertz CT molecular complexity index is 692. The van der Waals surface area contributed by atoms with Gasteiger partial charge in [-0.05, 0) is 12.5 Å². The van der Waals surface area contributed by atoms with Gasteiger partial charge >= 0.3 is 0 Å². The van der Waals surface area contributed by atoms with Crippen LogP contribution in [0.25, 0.3) is 11.4 Å². The van der Waals surface area contributed by atoms with Gasteiger partial charge in [-0.25, -0.2) is 4.98 Å². The van der Waals surface area contributed by atoms with Crippen molar-refractivity contribution in [2.75, 3.05) is 0 Å². The molecule has 3 nitrogen and oxygen atoms in total. The zero-order chi connectivity index (χ0) is 13.8. The molecule has 0 saturated heterocycles. The number of aromatic nitrogens is 3. The van der Waals surface area contributed by atoms with Crippen LogP contribution in [0, 0.1) is 6.92 Å². The summed E-state index contributed by atoms with van der Waals surface area (Å²) in [6.45, 7) is 2.11. The maximum Gasteiger partial charge on any atom is 0.209 e. The molecule has 1 aromatic heterocycles. The second-order valence-electron chi connectivity index (χ2n) is 4.61. The maximum absolute atomic E-state index is 4.51. The zero-order valence-electron chi connectivity index (χ0n) is 11.2. The summed E-state index contributed by atoms with van der Waals surface area (Å²) in [5, 5.41) is 8.03. The summed E-state index contributed by atoms with van der Waals surface area (Å²) in [6.07, 6.45) is 0. The quantitative estimate of drug-likeness (QED) is 0.733. The van der Waals surface area contributed by atoms with E-state index < -0.39 is 0 Å². The fourth-order valence-electron chi connectivity index (χ4n) is 1.99. The highest BCUT2D eigenvalue weighted by molar-refractivity contribution is 7.98. The normalized spacial score (nSPS) is 10.7. The van der Waals surface area contributed by atoms with Crippen molar-refractivity contribution in [3.05, 3.63) is 65.7 Å². The van der Waals surface area contributed by atoms with Crippen LogP contribution in [0.3, 0.4) is 0 Å². The lowest BCUT2D eigenvalue weighted by Crippen LogP contribution is -1.83. The third-order valence-electron chi connectivity index (χ3n) is 2.96. The Morgan fingerprint density at radius 3 is 2.70 bits per heavy atom. The molecular weight excluding hydrogens is 266 g/mol. The van der Waals surface area contributed by atoms with Crippen LogP contribution in [-0.2, 0) is 5.75 Å². The smallest absolute Gasteiger partial charge is 0.209 e. The number of nitrogens with zero attached hydrogens (tertiary/aromatic N) is 2. The molecule has 0 atom stereocenters. The van der Waals surface area contributed by atoms with Crippen molar-refractivity contribution in [1.82, 2.24) is 15.2 Å². The van der Waals surface area contributed by atoms with Gasteiger partial charge in [0.15, 0.2) is 5.82 Å². The van der Waals surface area contributed by atoms with Crippen molar-refractivity contribution in [3.8, 4) is 11.4 Å². The van der Waals surface area contributed by atoms with Gasteiger partial charge in [-0.15, -0.1) is 5.10 Å². The van der Waals surface area contributed by atoms with Crippen LogP contribution in [0.5, 0.6) is 0 Å². The second kappa shape index (κ2) is 5.92. The number of rotatable bonds is 4. The summed E-state index contributed by atoms with van der Waals surface area (Å²) in [5.74, 6) is 1.70. The average molecular weight is 281 g/mol. The predicted molar refractivity (Wildman–Crippen MR) is 82.6 cm³/mol. The number of benzene rings is 2. The summed E-state index contributed by atoms with van der Waals surface area (Å²) in [4.78, 5) is 4.51. The number of thioether (sulfide) groups is 1. The van der Waals surface area contributed by atoms with Gasteiger partial charge in [0.1, 0.15) is 0 Å². The molecule has 1 heterocycles. The van der Waals surface area contributed by atoms with Gasteiger partial charge in [0.2, 0.25) is 5.16 Å².